The molecule has 0 spiro atoms. The standard InChI is InChI=1S/C22H38N2O5/c1-16(25)29-15-22(4,5)18(23)14-19(26)24-20(27)21(2,3)11-7-6-8-17-9-12-28-13-10-17/h17,23H,6-15H2,1-5H3,(H,24,26,27). The van der Waals surface area contributed by atoms with Gasteiger partial charge in [-0.05, 0) is 25.2 Å². The van der Waals surface area contributed by atoms with E-state index in [1.807, 2.05) is 13.8 Å². The van der Waals surface area contributed by atoms with Crippen LogP contribution < -0.4 is 5.32 Å². The van der Waals surface area contributed by atoms with Crippen LogP contribution in [-0.2, 0) is 23.9 Å². The monoisotopic (exact) mass is 410 g/mol. The van der Waals surface area contributed by atoms with E-state index in [2.05, 4.69) is 5.32 Å². The van der Waals surface area contributed by atoms with Gasteiger partial charge in [0.15, 0.2) is 0 Å². The van der Waals surface area contributed by atoms with Crippen molar-refractivity contribution in [3.05, 3.63) is 0 Å². The van der Waals surface area contributed by atoms with Crippen molar-refractivity contribution in [3.8, 4) is 0 Å². The molecule has 2 amide bonds. The van der Waals surface area contributed by atoms with E-state index in [-0.39, 0.29) is 24.6 Å². The van der Waals surface area contributed by atoms with Gasteiger partial charge < -0.3 is 14.9 Å². The number of hydrogen-bond acceptors (Lipinski definition) is 6. The third-order valence-electron chi connectivity index (χ3n) is 5.66. The molecular formula is C22H38N2O5. The smallest absolute Gasteiger partial charge is 0.302 e. The van der Waals surface area contributed by atoms with Gasteiger partial charge in [-0.1, -0.05) is 47.0 Å². The molecule has 2 N–H and O–H groups in total. The van der Waals surface area contributed by atoms with Crippen molar-refractivity contribution in [2.45, 2.75) is 79.6 Å². The SMILES string of the molecule is CC(=O)OCC(C)(C)C(=N)CC(=O)NC(=O)C(C)(C)CCCCC1CCOCC1. The van der Waals surface area contributed by atoms with Crippen LogP contribution in [-0.4, -0.2) is 43.3 Å². The second kappa shape index (κ2) is 11.4. The lowest BCUT2D eigenvalue weighted by molar-refractivity contribution is -0.142. The number of ether oxygens (including phenoxy) is 2. The number of imide groups is 1. The third-order valence-corrected chi connectivity index (χ3v) is 5.66. The van der Waals surface area contributed by atoms with Crippen LogP contribution in [0.2, 0.25) is 0 Å². The van der Waals surface area contributed by atoms with E-state index in [1.165, 1.54) is 6.92 Å². The molecule has 0 aromatic carbocycles. The van der Waals surface area contributed by atoms with Gasteiger partial charge in [-0.15, -0.1) is 0 Å². The molecule has 7 nitrogen and oxygen atoms in total. The summed E-state index contributed by atoms with van der Waals surface area (Å²) in [4.78, 5) is 35.7. The Morgan fingerprint density at radius 2 is 1.69 bits per heavy atom. The average Bonchev–Trinajstić information content (AvgIpc) is 2.64. The van der Waals surface area contributed by atoms with Crippen LogP contribution in [0.1, 0.15) is 79.6 Å². The minimum absolute atomic E-state index is 0.0288. The molecule has 0 aromatic rings. The van der Waals surface area contributed by atoms with Gasteiger partial charge >= 0.3 is 5.97 Å². The number of rotatable bonds is 11. The number of amides is 2. The molecular weight excluding hydrogens is 372 g/mol. The van der Waals surface area contributed by atoms with Crippen molar-refractivity contribution in [1.82, 2.24) is 5.32 Å². The molecule has 0 radical (unpaired) electrons. The zero-order valence-electron chi connectivity index (χ0n) is 18.7. The Balaban J connectivity index is 2.37. The Kier molecular flexibility index (Phi) is 9.96. The van der Waals surface area contributed by atoms with Crippen LogP contribution in [0.3, 0.4) is 0 Å². The topological polar surface area (TPSA) is 106 Å². The predicted octanol–water partition coefficient (Wildman–Crippen LogP) is 3.64. The lowest BCUT2D eigenvalue weighted by Crippen LogP contribution is -2.42. The van der Waals surface area contributed by atoms with Crippen molar-refractivity contribution in [2.24, 2.45) is 16.7 Å². The van der Waals surface area contributed by atoms with Gasteiger partial charge in [-0.3, -0.25) is 19.7 Å². The van der Waals surface area contributed by atoms with Crippen LogP contribution in [0.15, 0.2) is 0 Å². The molecule has 0 atom stereocenters. The van der Waals surface area contributed by atoms with Crippen LogP contribution in [0.5, 0.6) is 0 Å². The van der Waals surface area contributed by atoms with Gasteiger partial charge in [0, 0.05) is 36.7 Å². The molecule has 29 heavy (non-hydrogen) atoms. The maximum atomic E-state index is 12.5. The van der Waals surface area contributed by atoms with E-state index < -0.39 is 22.7 Å². The van der Waals surface area contributed by atoms with Crippen molar-refractivity contribution >= 4 is 23.5 Å². The lowest BCUT2D eigenvalue weighted by Gasteiger charge is -2.26. The molecule has 1 fully saturated rings. The quantitative estimate of drug-likeness (QED) is 0.307. The molecule has 1 rings (SSSR count). The summed E-state index contributed by atoms with van der Waals surface area (Å²) >= 11 is 0. The Morgan fingerprint density at radius 1 is 1.07 bits per heavy atom. The van der Waals surface area contributed by atoms with Gasteiger partial charge in [0.2, 0.25) is 11.8 Å². The zero-order valence-corrected chi connectivity index (χ0v) is 18.7. The second-order valence-electron chi connectivity index (χ2n) is 9.38. The zero-order chi connectivity index (χ0) is 22.1. The van der Waals surface area contributed by atoms with Crippen molar-refractivity contribution in [2.75, 3.05) is 19.8 Å². The van der Waals surface area contributed by atoms with Crippen molar-refractivity contribution in [1.29, 1.82) is 5.41 Å². The second-order valence-corrected chi connectivity index (χ2v) is 9.38. The van der Waals surface area contributed by atoms with E-state index in [1.54, 1.807) is 13.8 Å². The highest BCUT2D eigenvalue weighted by atomic mass is 16.5. The molecule has 0 saturated carbocycles. The highest BCUT2D eigenvalue weighted by Crippen LogP contribution is 2.27. The summed E-state index contributed by atoms with van der Waals surface area (Å²) in [6.07, 6.45) is 5.94. The fourth-order valence-corrected chi connectivity index (χ4v) is 3.26. The highest BCUT2D eigenvalue weighted by Gasteiger charge is 2.31. The fourth-order valence-electron chi connectivity index (χ4n) is 3.26. The van der Waals surface area contributed by atoms with Crippen molar-refractivity contribution in [3.63, 3.8) is 0 Å². The largest absolute Gasteiger partial charge is 0.465 e. The first-order valence-corrected chi connectivity index (χ1v) is 10.6. The lowest BCUT2D eigenvalue weighted by atomic mass is 9.84. The molecule has 0 bridgehead atoms. The van der Waals surface area contributed by atoms with E-state index in [4.69, 9.17) is 14.9 Å². The number of esters is 1. The number of nitrogens with one attached hydrogen (secondary N) is 2. The minimum Gasteiger partial charge on any atom is -0.465 e. The van der Waals surface area contributed by atoms with E-state index in [0.29, 0.717) is 6.42 Å². The predicted molar refractivity (Wildman–Crippen MR) is 112 cm³/mol. The fraction of sp³-hybridized carbons (Fsp3) is 0.818. The molecule has 1 aliphatic rings. The molecule has 7 heteroatoms. The van der Waals surface area contributed by atoms with Gasteiger partial charge in [0.25, 0.3) is 0 Å². The molecule has 0 aliphatic carbocycles. The average molecular weight is 411 g/mol. The maximum Gasteiger partial charge on any atom is 0.302 e. The van der Waals surface area contributed by atoms with E-state index in [9.17, 15) is 14.4 Å². The summed E-state index contributed by atoms with van der Waals surface area (Å²) in [5.74, 6) is -0.502. The Morgan fingerprint density at radius 3 is 2.28 bits per heavy atom. The van der Waals surface area contributed by atoms with Crippen molar-refractivity contribution < 1.29 is 23.9 Å². The summed E-state index contributed by atoms with van der Waals surface area (Å²) < 4.78 is 10.3. The van der Waals surface area contributed by atoms with Crippen LogP contribution in [0.4, 0.5) is 0 Å². The third kappa shape index (κ3) is 9.52. The van der Waals surface area contributed by atoms with Gasteiger partial charge in [-0.2, -0.15) is 0 Å². The Hall–Kier alpha value is -1.76. The first-order chi connectivity index (χ1) is 13.4. The number of carbonyl (C=O) groups excluding carboxylic acids is 3. The highest BCUT2D eigenvalue weighted by molar-refractivity contribution is 6.08. The van der Waals surface area contributed by atoms with Crippen LogP contribution in [0, 0.1) is 22.2 Å². The van der Waals surface area contributed by atoms with Gasteiger partial charge in [-0.25, -0.2) is 0 Å². The summed E-state index contributed by atoms with van der Waals surface area (Å²) in [6.45, 7) is 10.2. The van der Waals surface area contributed by atoms with E-state index in [0.717, 1.165) is 51.2 Å². The van der Waals surface area contributed by atoms with E-state index >= 15 is 0 Å². The number of unbranched alkanes of at least 4 members (excludes halogenated alkanes) is 1. The normalized spacial score (nSPS) is 15.6. The number of hydrogen-bond donors (Lipinski definition) is 2. The summed E-state index contributed by atoms with van der Waals surface area (Å²) in [5, 5.41) is 10.6. The first-order valence-electron chi connectivity index (χ1n) is 10.6. The molecule has 1 saturated heterocycles. The summed E-state index contributed by atoms with van der Waals surface area (Å²) in [5.41, 5.74) is -1.27. The Bertz CT molecular complexity index is 592. The first kappa shape index (κ1) is 25.3. The molecule has 0 aromatic heterocycles. The maximum absolute atomic E-state index is 12.5. The molecule has 0 unspecified atom stereocenters. The minimum atomic E-state index is -0.758. The van der Waals surface area contributed by atoms with Gasteiger partial charge in [0.1, 0.15) is 6.61 Å². The Labute approximate surface area is 174 Å². The molecule has 166 valence electrons. The van der Waals surface area contributed by atoms with Crippen LogP contribution >= 0.6 is 0 Å². The van der Waals surface area contributed by atoms with Crippen LogP contribution in [0.25, 0.3) is 0 Å². The summed E-state index contributed by atoms with van der Waals surface area (Å²) in [7, 11) is 0. The number of carbonyl (C=O) groups is 3. The summed E-state index contributed by atoms with van der Waals surface area (Å²) in [6, 6.07) is 0. The molecule has 1 aliphatic heterocycles. The van der Waals surface area contributed by atoms with Gasteiger partial charge in [0.05, 0.1) is 6.42 Å². The molecule has 1 heterocycles.